The number of carboxylic acid groups (broad SMARTS) is 1. The lowest BCUT2D eigenvalue weighted by Gasteiger charge is -2.22. The van der Waals surface area contributed by atoms with E-state index < -0.39 is 48.0 Å². The van der Waals surface area contributed by atoms with Crippen molar-refractivity contribution in [1.82, 2.24) is 0 Å². The Morgan fingerprint density at radius 2 is 1.48 bits per heavy atom. The number of carbonyl (C=O) groups excluding carboxylic acids is 2. The first-order chi connectivity index (χ1) is 24.1. The third-order valence-corrected chi connectivity index (χ3v) is 9.46. The van der Waals surface area contributed by atoms with Crippen LogP contribution in [0.3, 0.4) is 0 Å². The van der Waals surface area contributed by atoms with E-state index in [4.69, 9.17) is 20.3 Å². The Morgan fingerprint density at radius 1 is 0.800 bits per heavy atom. The molecule has 0 aromatic rings. The minimum absolute atomic E-state index is 0.0480. The predicted molar refractivity (Wildman–Crippen MR) is 206 cm³/mol. The molecule has 50 heavy (non-hydrogen) atoms. The second-order valence-electron chi connectivity index (χ2n) is 13.3. The summed E-state index contributed by atoms with van der Waals surface area (Å²) in [6.45, 7) is 5.94. The third-order valence-electron chi connectivity index (χ3n) is 8.05. The van der Waals surface area contributed by atoms with E-state index >= 15 is 0 Å². The number of esters is 2. The van der Waals surface area contributed by atoms with Crippen LogP contribution < -0.4 is 5.73 Å². The maximum Gasteiger partial charge on any atom is 0.324 e. The summed E-state index contributed by atoms with van der Waals surface area (Å²) in [7, 11) is 0. The van der Waals surface area contributed by atoms with Gasteiger partial charge in [-0.3, -0.25) is 14.4 Å². The van der Waals surface area contributed by atoms with Crippen LogP contribution in [0.15, 0.2) is 48.6 Å². The molecule has 0 rings (SSSR count). The quantitative estimate of drug-likeness (QED) is 0.0225. The van der Waals surface area contributed by atoms with Gasteiger partial charge in [0.15, 0.2) is 6.10 Å². The van der Waals surface area contributed by atoms with Crippen molar-refractivity contribution in [2.24, 2.45) is 11.7 Å². The molecule has 0 aliphatic rings. The molecule has 0 saturated heterocycles. The number of carbonyl (C=O) groups is 3. The highest BCUT2D eigenvalue weighted by Gasteiger charge is 2.24. The van der Waals surface area contributed by atoms with E-state index in [1.54, 1.807) is 12.2 Å². The molecule has 0 aliphatic carbocycles. The monoisotopic (exact) mass is 723 g/mol. The lowest BCUT2D eigenvalue weighted by atomic mass is 10.0. The molecule has 0 bridgehead atoms. The Hall–Kier alpha value is -2.40. The van der Waals surface area contributed by atoms with Crippen molar-refractivity contribution < 1.29 is 39.2 Å². The molecule has 9 nitrogen and oxygen atoms in total. The van der Waals surface area contributed by atoms with Gasteiger partial charge in [-0.05, 0) is 44.4 Å². The molecule has 0 saturated carbocycles. The highest BCUT2D eigenvalue weighted by Crippen LogP contribution is 2.22. The van der Waals surface area contributed by atoms with Gasteiger partial charge in [0.25, 0.3) is 0 Å². The number of allylic oxidation sites excluding steroid dienone is 7. The molecule has 0 fully saturated rings. The number of ether oxygens (including phenoxy) is 2. The van der Waals surface area contributed by atoms with Crippen LogP contribution in [-0.4, -0.2) is 75.7 Å². The number of rotatable bonds is 33. The van der Waals surface area contributed by atoms with Crippen LogP contribution in [0.1, 0.15) is 136 Å². The van der Waals surface area contributed by atoms with Crippen LogP contribution in [0.25, 0.3) is 0 Å². The normalized spacial score (nSPS) is 14.6. The molecule has 0 aliphatic heterocycles. The van der Waals surface area contributed by atoms with Gasteiger partial charge in [-0.2, -0.15) is 0 Å². The fourth-order valence-electron chi connectivity index (χ4n) is 4.98. The summed E-state index contributed by atoms with van der Waals surface area (Å²) in [5, 5.41) is 29.0. The first kappa shape index (κ1) is 47.6. The number of nitrogens with two attached hydrogens (primary N) is 1. The smallest absolute Gasteiger partial charge is 0.324 e. The second-order valence-corrected chi connectivity index (χ2v) is 14.6. The number of thioether (sulfide) groups is 1. The Morgan fingerprint density at radius 3 is 2.14 bits per heavy atom. The predicted octanol–water partition coefficient (Wildman–Crippen LogP) is 8.23. The number of unbranched alkanes of at least 4 members (excludes halogenated alkanes) is 10. The van der Waals surface area contributed by atoms with Crippen LogP contribution >= 0.6 is 11.8 Å². The molecule has 4 atom stereocenters. The summed E-state index contributed by atoms with van der Waals surface area (Å²) in [5.74, 6) is -1.17. The first-order valence-corrected chi connectivity index (χ1v) is 20.0. The van der Waals surface area contributed by atoms with Gasteiger partial charge < -0.3 is 30.5 Å². The summed E-state index contributed by atoms with van der Waals surface area (Å²) >= 11 is 1.26. The number of aliphatic carboxylic acids is 1. The highest BCUT2D eigenvalue weighted by atomic mass is 32.2. The molecule has 0 unspecified atom stereocenters. The summed E-state index contributed by atoms with van der Waals surface area (Å²) in [5.41, 5.74) is 6.09. The second kappa shape index (κ2) is 33.7. The van der Waals surface area contributed by atoms with Gasteiger partial charge in [0, 0.05) is 23.8 Å². The molecule has 10 heteroatoms. The van der Waals surface area contributed by atoms with Crippen molar-refractivity contribution in [2.45, 2.75) is 160 Å². The maximum absolute atomic E-state index is 12.7. The molecule has 288 valence electrons. The van der Waals surface area contributed by atoms with Crippen LogP contribution in [0, 0.1) is 5.92 Å². The summed E-state index contributed by atoms with van der Waals surface area (Å²) in [4.78, 5) is 35.8. The van der Waals surface area contributed by atoms with Gasteiger partial charge >= 0.3 is 17.9 Å². The zero-order valence-corrected chi connectivity index (χ0v) is 32.0. The summed E-state index contributed by atoms with van der Waals surface area (Å²) in [6, 6.07) is -1.05. The summed E-state index contributed by atoms with van der Waals surface area (Å²) in [6.07, 6.45) is 30.6. The average Bonchev–Trinajstić information content (AvgIpc) is 3.08. The molecular weight excluding hydrogens is 655 g/mol. The van der Waals surface area contributed by atoms with Gasteiger partial charge in [0.1, 0.15) is 12.6 Å². The van der Waals surface area contributed by atoms with Gasteiger partial charge in [0.05, 0.1) is 12.7 Å². The molecule has 0 heterocycles. The van der Waals surface area contributed by atoms with Gasteiger partial charge in [-0.15, -0.1) is 11.8 Å². The Kier molecular flexibility index (Phi) is 32.1. The number of hydrogen-bond acceptors (Lipinski definition) is 9. The van der Waals surface area contributed by atoms with E-state index in [9.17, 15) is 24.6 Å². The maximum atomic E-state index is 12.7. The van der Waals surface area contributed by atoms with Gasteiger partial charge in [-0.1, -0.05) is 134 Å². The SMILES string of the molecule is CCCCC/C=C\C\C=C/C=C/C=C/[C@@H](SC[C@H](N)C(=O)O[C@@H](CO)COC(=O)CCCCCCCCCCC(C)C)[C@@H](O)CCCC(=O)O. The van der Waals surface area contributed by atoms with Crippen molar-refractivity contribution in [1.29, 1.82) is 0 Å². The van der Waals surface area contributed by atoms with E-state index in [0.29, 0.717) is 6.42 Å². The Labute approximate surface area is 307 Å². The average molecular weight is 724 g/mol. The highest BCUT2D eigenvalue weighted by molar-refractivity contribution is 8.00. The standard InChI is InChI=1S/C40H69NO8S/c1-4-5-6-7-8-9-10-11-12-16-19-22-27-37(36(43)26-24-28-38(44)45)50-32-35(41)40(47)49-34(30-42)31-48-39(46)29-23-20-17-14-13-15-18-21-25-33(2)3/h8-9,11-12,16,19,22,27,33-37,42-43H,4-7,10,13-15,17-18,20-21,23-26,28-32,41H2,1-3H3,(H,44,45)/b9-8-,12-11-,19-16+,27-22+/t34-,35-,36-,37+/m0/s1. The van der Waals surface area contributed by atoms with Crippen molar-refractivity contribution in [3.05, 3.63) is 48.6 Å². The van der Waals surface area contributed by atoms with Crippen molar-refractivity contribution in [3.63, 3.8) is 0 Å². The van der Waals surface area contributed by atoms with E-state index in [1.807, 2.05) is 18.2 Å². The third kappa shape index (κ3) is 30.4. The largest absolute Gasteiger partial charge is 0.481 e. The van der Waals surface area contributed by atoms with Crippen molar-refractivity contribution >= 4 is 29.7 Å². The molecule has 0 spiro atoms. The summed E-state index contributed by atoms with van der Waals surface area (Å²) < 4.78 is 10.6. The van der Waals surface area contributed by atoms with Crippen molar-refractivity contribution in [3.8, 4) is 0 Å². The number of aliphatic hydroxyl groups is 2. The van der Waals surface area contributed by atoms with E-state index in [-0.39, 0.29) is 31.6 Å². The van der Waals surface area contributed by atoms with Crippen LogP contribution in [-0.2, 0) is 23.9 Å². The minimum Gasteiger partial charge on any atom is -0.481 e. The van der Waals surface area contributed by atoms with E-state index in [0.717, 1.165) is 38.0 Å². The Bertz CT molecular complexity index is 980. The van der Waals surface area contributed by atoms with Crippen LogP contribution in [0.5, 0.6) is 0 Å². The van der Waals surface area contributed by atoms with Crippen molar-refractivity contribution in [2.75, 3.05) is 19.0 Å². The lowest BCUT2D eigenvalue weighted by molar-refractivity contribution is -0.162. The van der Waals surface area contributed by atoms with Crippen LogP contribution in [0.4, 0.5) is 0 Å². The topological polar surface area (TPSA) is 156 Å². The van der Waals surface area contributed by atoms with Gasteiger partial charge in [-0.25, -0.2) is 0 Å². The molecule has 0 aromatic carbocycles. The van der Waals surface area contributed by atoms with E-state index in [2.05, 4.69) is 39.0 Å². The van der Waals surface area contributed by atoms with Crippen LogP contribution in [0.2, 0.25) is 0 Å². The molecular formula is C40H69NO8S. The first-order valence-electron chi connectivity index (χ1n) is 19.0. The molecule has 5 N–H and O–H groups in total. The number of hydrogen-bond donors (Lipinski definition) is 4. The fraction of sp³-hybridized carbons (Fsp3) is 0.725. The zero-order chi connectivity index (χ0) is 37.2. The fourth-order valence-corrected chi connectivity index (χ4v) is 6.11. The minimum atomic E-state index is -1.05. The molecule has 0 amide bonds. The van der Waals surface area contributed by atoms with Gasteiger partial charge in [0.2, 0.25) is 0 Å². The van der Waals surface area contributed by atoms with E-state index in [1.165, 1.54) is 69.5 Å². The Balaban J connectivity index is 4.63. The molecule has 0 radical (unpaired) electrons. The lowest BCUT2D eigenvalue weighted by Crippen LogP contribution is -2.40. The number of aliphatic hydroxyl groups excluding tert-OH is 2. The molecule has 0 aromatic heterocycles. The number of carboxylic acids is 1. The zero-order valence-electron chi connectivity index (χ0n) is 31.2.